The molecule has 0 bridgehead atoms. The minimum atomic E-state index is -1.09. The molecule has 1 saturated heterocycles. The van der Waals surface area contributed by atoms with Crippen molar-refractivity contribution in [2.24, 2.45) is 5.92 Å². The summed E-state index contributed by atoms with van der Waals surface area (Å²) in [5, 5.41) is 12.5. The lowest BCUT2D eigenvalue weighted by Crippen LogP contribution is -2.40. The molecule has 0 aromatic heterocycles. The zero-order chi connectivity index (χ0) is 21.7. The number of ether oxygens (including phenoxy) is 1. The number of carboxylic acids is 1. The Morgan fingerprint density at radius 3 is 2.60 bits per heavy atom. The van der Waals surface area contributed by atoms with E-state index in [1.165, 1.54) is 6.07 Å². The van der Waals surface area contributed by atoms with Crippen LogP contribution in [0.1, 0.15) is 40.5 Å². The minimum absolute atomic E-state index is 0.0770. The predicted molar refractivity (Wildman–Crippen MR) is 117 cm³/mol. The normalized spacial score (nSPS) is 16.1. The lowest BCUT2D eigenvalue weighted by molar-refractivity contribution is -0.148. The number of benzene rings is 2. The number of carboxylic acid groups (broad SMARTS) is 1. The lowest BCUT2D eigenvalue weighted by atomic mass is 9.96. The molecular formula is C22H23BrN2O5. The molecule has 0 unspecified atom stereocenters. The first-order valence-electron chi connectivity index (χ1n) is 9.75. The number of nitrogens with one attached hydrogen (secondary N) is 1. The van der Waals surface area contributed by atoms with Gasteiger partial charge in [0, 0.05) is 28.8 Å². The third-order valence-corrected chi connectivity index (χ3v) is 5.50. The van der Waals surface area contributed by atoms with Crippen LogP contribution in [0.5, 0.6) is 0 Å². The van der Waals surface area contributed by atoms with E-state index in [1.54, 1.807) is 43.3 Å². The van der Waals surface area contributed by atoms with E-state index in [4.69, 9.17) is 4.74 Å². The molecule has 1 fully saturated rings. The van der Waals surface area contributed by atoms with Gasteiger partial charge in [0.15, 0.2) is 0 Å². The number of anilines is 2. The van der Waals surface area contributed by atoms with Gasteiger partial charge in [-0.2, -0.15) is 0 Å². The smallest absolute Gasteiger partial charge is 0.337 e. The van der Waals surface area contributed by atoms with Gasteiger partial charge >= 0.3 is 11.9 Å². The fraction of sp³-hybridized carbons (Fsp3) is 0.318. The number of halogens is 1. The maximum absolute atomic E-state index is 12.4. The standard InChI is InChI=1S/C22H23BrN2O5/c1-2-30-22(29)15-4-3-11-25(13-15)19-10-9-17(12-18(19)21(27)28)24-20(26)14-5-7-16(23)8-6-14/h5-10,12,15H,2-4,11,13H2,1H3,(H,24,26)(H,27,28)/t15-/m0/s1. The minimum Gasteiger partial charge on any atom is -0.478 e. The Morgan fingerprint density at radius 2 is 1.93 bits per heavy atom. The van der Waals surface area contributed by atoms with Gasteiger partial charge < -0.3 is 20.1 Å². The number of carbonyl (C=O) groups is 3. The number of nitrogens with zero attached hydrogens (tertiary/aromatic N) is 1. The summed E-state index contributed by atoms with van der Waals surface area (Å²) in [4.78, 5) is 38.3. The molecule has 0 spiro atoms. The Labute approximate surface area is 183 Å². The van der Waals surface area contributed by atoms with E-state index in [1.807, 2.05) is 4.90 Å². The van der Waals surface area contributed by atoms with Gasteiger partial charge in [0.2, 0.25) is 0 Å². The van der Waals surface area contributed by atoms with Crippen molar-refractivity contribution in [1.29, 1.82) is 0 Å². The van der Waals surface area contributed by atoms with E-state index in [0.29, 0.717) is 36.6 Å². The maximum Gasteiger partial charge on any atom is 0.337 e. The van der Waals surface area contributed by atoms with Gasteiger partial charge in [0.05, 0.1) is 23.8 Å². The van der Waals surface area contributed by atoms with E-state index < -0.39 is 5.97 Å². The molecule has 0 aliphatic carbocycles. The van der Waals surface area contributed by atoms with Crippen molar-refractivity contribution in [2.75, 3.05) is 29.9 Å². The first-order chi connectivity index (χ1) is 14.4. The molecule has 158 valence electrons. The highest BCUT2D eigenvalue weighted by Gasteiger charge is 2.29. The Morgan fingerprint density at radius 1 is 1.20 bits per heavy atom. The summed E-state index contributed by atoms with van der Waals surface area (Å²) < 4.78 is 5.98. The first-order valence-corrected chi connectivity index (χ1v) is 10.5. The number of rotatable bonds is 6. The van der Waals surface area contributed by atoms with Crippen LogP contribution in [-0.2, 0) is 9.53 Å². The molecule has 30 heavy (non-hydrogen) atoms. The fourth-order valence-electron chi connectivity index (χ4n) is 3.51. The van der Waals surface area contributed by atoms with Crippen LogP contribution in [0.3, 0.4) is 0 Å². The molecule has 8 heteroatoms. The number of amides is 1. The Bertz CT molecular complexity index is 945. The quantitative estimate of drug-likeness (QED) is 0.609. The van der Waals surface area contributed by atoms with Gasteiger partial charge in [0.1, 0.15) is 0 Å². The molecule has 2 aromatic rings. The van der Waals surface area contributed by atoms with Crippen LogP contribution >= 0.6 is 15.9 Å². The Balaban J connectivity index is 1.79. The van der Waals surface area contributed by atoms with Crippen molar-refractivity contribution in [1.82, 2.24) is 0 Å². The molecule has 2 N–H and O–H groups in total. The molecule has 1 aliphatic rings. The highest BCUT2D eigenvalue weighted by atomic mass is 79.9. The summed E-state index contributed by atoms with van der Waals surface area (Å²) in [6.07, 6.45) is 1.49. The van der Waals surface area contributed by atoms with E-state index in [9.17, 15) is 19.5 Å². The Hall–Kier alpha value is -2.87. The van der Waals surface area contributed by atoms with Crippen LogP contribution in [0.15, 0.2) is 46.9 Å². The van der Waals surface area contributed by atoms with Crippen molar-refractivity contribution in [3.8, 4) is 0 Å². The van der Waals surface area contributed by atoms with Crippen molar-refractivity contribution >= 4 is 45.2 Å². The lowest BCUT2D eigenvalue weighted by Gasteiger charge is -2.34. The van der Waals surface area contributed by atoms with Crippen LogP contribution < -0.4 is 10.2 Å². The molecule has 7 nitrogen and oxygen atoms in total. The summed E-state index contributed by atoms with van der Waals surface area (Å²) in [6, 6.07) is 11.7. The second kappa shape index (κ2) is 9.75. The number of hydrogen-bond acceptors (Lipinski definition) is 5. The van der Waals surface area contributed by atoms with E-state index in [-0.39, 0.29) is 23.4 Å². The average molecular weight is 475 g/mol. The number of aromatic carboxylic acids is 1. The van der Waals surface area contributed by atoms with E-state index >= 15 is 0 Å². The average Bonchev–Trinajstić information content (AvgIpc) is 2.74. The van der Waals surface area contributed by atoms with Crippen molar-refractivity contribution in [2.45, 2.75) is 19.8 Å². The van der Waals surface area contributed by atoms with E-state index in [2.05, 4.69) is 21.2 Å². The van der Waals surface area contributed by atoms with Crippen molar-refractivity contribution in [3.05, 3.63) is 58.1 Å². The van der Waals surface area contributed by atoms with Gasteiger partial charge in [-0.25, -0.2) is 4.79 Å². The van der Waals surface area contributed by atoms with Crippen molar-refractivity contribution < 1.29 is 24.2 Å². The third kappa shape index (κ3) is 5.18. The first kappa shape index (κ1) is 21.8. The number of carbonyl (C=O) groups excluding carboxylic acids is 2. The van der Waals surface area contributed by atoms with Gasteiger partial charge in [-0.05, 0) is 62.2 Å². The Kier molecular flexibility index (Phi) is 7.10. The van der Waals surface area contributed by atoms with E-state index in [0.717, 1.165) is 17.3 Å². The van der Waals surface area contributed by atoms with Crippen LogP contribution in [0.4, 0.5) is 11.4 Å². The van der Waals surface area contributed by atoms with Gasteiger partial charge in [-0.1, -0.05) is 15.9 Å². The number of esters is 1. The second-order valence-electron chi connectivity index (χ2n) is 7.04. The highest BCUT2D eigenvalue weighted by Crippen LogP contribution is 2.29. The summed E-state index contributed by atoms with van der Waals surface area (Å²) in [5.74, 6) is -1.95. The summed E-state index contributed by atoms with van der Waals surface area (Å²) in [6.45, 7) is 3.15. The molecule has 1 atom stereocenters. The molecule has 0 saturated carbocycles. The monoisotopic (exact) mass is 474 g/mol. The van der Waals surface area contributed by atoms with Crippen LogP contribution in [-0.4, -0.2) is 42.6 Å². The summed E-state index contributed by atoms with van der Waals surface area (Å²) in [5.41, 5.74) is 1.46. The fourth-order valence-corrected chi connectivity index (χ4v) is 3.78. The maximum atomic E-state index is 12.4. The summed E-state index contributed by atoms with van der Waals surface area (Å²) in [7, 11) is 0. The second-order valence-corrected chi connectivity index (χ2v) is 7.95. The molecule has 1 aliphatic heterocycles. The molecule has 0 radical (unpaired) electrons. The van der Waals surface area contributed by atoms with Gasteiger partial charge in [-0.3, -0.25) is 9.59 Å². The number of piperidine rings is 1. The zero-order valence-electron chi connectivity index (χ0n) is 16.6. The van der Waals surface area contributed by atoms with Crippen LogP contribution in [0.25, 0.3) is 0 Å². The molecule has 3 rings (SSSR count). The molecule has 1 amide bonds. The SMILES string of the molecule is CCOC(=O)[C@H]1CCCN(c2ccc(NC(=O)c3ccc(Br)cc3)cc2C(=O)O)C1. The molecular weight excluding hydrogens is 452 g/mol. The molecule has 2 aromatic carbocycles. The molecule has 1 heterocycles. The predicted octanol–water partition coefficient (Wildman–Crippen LogP) is 4.18. The summed E-state index contributed by atoms with van der Waals surface area (Å²) >= 11 is 3.32. The third-order valence-electron chi connectivity index (χ3n) is 4.97. The van der Waals surface area contributed by atoms with Gasteiger partial charge in [-0.15, -0.1) is 0 Å². The highest BCUT2D eigenvalue weighted by molar-refractivity contribution is 9.10. The zero-order valence-corrected chi connectivity index (χ0v) is 18.1. The van der Waals surface area contributed by atoms with Crippen molar-refractivity contribution in [3.63, 3.8) is 0 Å². The van der Waals surface area contributed by atoms with Crippen LogP contribution in [0.2, 0.25) is 0 Å². The number of hydrogen-bond donors (Lipinski definition) is 2. The largest absolute Gasteiger partial charge is 0.478 e. The topological polar surface area (TPSA) is 95.9 Å². The van der Waals surface area contributed by atoms with Crippen LogP contribution in [0, 0.1) is 5.92 Å². The van der Waals surface area contributed by atoms with Gasteiger partial charge in [0.25, 0.3) is 5.91 Å².